The highest BCUT2D eigenvalue weighted by molar-refractivity contribution is 4.90. The van der Waals surface area contributed by atoms with Gasteiger partial charge in [0.1, 0.15) is 0 Å². The molecule has 1 aliphatic rings. The van der Waals surface area contributed by atoms with Gasteiger partial charge in [0, 0.05) is 17.6 Å². The summed E-state index contributed by atoms with van der Waals surface area (Å²) in [4.78, 5) is 2.70. The van der Waals surface area contributed by atoms with Crippen LogP contribution < -0.4 is 5.32 Å². The van der Waals surface area contributed by atoms with E-state index in [1.165, 1.54) is 32.2 Å². The molecule has 1 fully saturated rings. The Hall–Kier alpha value is -0.0800. The lowest BCUT2D eigenvalue weighted by Crippen LogP contribution is -2.44. The lowest BCUT2D eigenvalue weighted by molar-refractivity contribution is 0.118. The van der Waals surface area contributed by atoms with Crippen molar-refractivity contribution in [1.29, 1.82) is 0 Å². The Balaban J connectivity index is 2.22. The van der Waals surface area contributed by atoms with Gasteiger partial charge in [0.15, 0.2) is 0 Å². The van der Waals surface area contributed by atoms with Crippen molar-refractivity contribution in [2.24, 2.45) is 0 Å². The summed E-state index contributed by atoms with van der Waals surface area (Å²) in [5.41, 5.74) is 0.435. The van der Waals surface area contributed by atoms with Gasteiger partial charge in [-0.2, -0.15) is 0 Å². The van der Waals surface area contributed by atoms with E-state index >= 15 is 0 Å². The summed E-state index contributed by atoms with van der Waals surface area (Å²) in [6, 6.07) is 1.37. The number of nitrogens with zero attached hydrogens (tertiary/aromatic N) is 1. The van der Waals surface area contributed by atoms with Crippen LogP contribution in [0.4, 0.5) is 0 Å². The highest BCUT2D eigenvalue weighted by Crippen LogP contribution is 2.31. The third-order valence-corrected chi connectivity index (χ3v) is 3.85. The molecule has 1 heterocycles. The number of hydrogen-bond donors (Lipinski definition) is 1. The minimum atomic E-state index is 0.435. The predicted octanol–water partition coefficient (Wildman–Crippen LogP) is 3.03. The molecule has 0 bridgehead atoms. The van der Waals surface area contributed by atoms with Crippen molar-refractivity contribution in [3.63, 3.8) is 0 Å². The van der Waals surface area contributed by atoms with Crippen LogP contribution in [0.15, 0.2) is 0 Å². The third kappa shape index (κ3) is 4.06. The standard InChI is InChI=1S/C14H30N2/c1-12(2)15-10-6-8-13(3)16-11-7-9-14(16,4)5/h12-13,15H,6-11H2,1-5H3. The van der Waals surface area contributed by atoms with Crippen LogP contribution in [0.25, 0.3) is 0 Å². The SMILES string of the molecule is CC(C)NCCCC(C)N1CCCC1(C)C. The summed E-state index contributed by atoms with van der Waals surface area (Å²) >= 11 is 0. The van der Waals surface area contributed by atoms with Crippen LogP contribution >= 0.6 is 0 Å². The topological polar surface area (TPSA) is 15.3 Å². The lowest BCUT2D eigenvalue weighted by atomic mass is 9.99. The molecular formula is C14H30N2. The van der Waals surface area contributed by atoms with E-state index in [2.05, 4.69) is 44.8 Å². The summed E-state index contributed by atoms with van der Waals surface area (Å²) in [6.07, 6.45) is 5.36. The molecule has 1 aliphatic heterocycles. The fourth-order valence-electron chi connectivity index (χ4n) is 2.89. The molecule has 2 heteroatoms. The van der Waals surface area contributed by atoms with Gasteiger partial charge in [0.2, 0.25) is 0 Å². The molecule has 1 N–H and O–H groups in total. The highest BCUT2D eigenvalue weighted by atomic mass is 15.2. The maximum atomic E-state index is 3.49. The molecule has 0 spiro atoms. The predicted molar refractivity (Wildman–Crippen MR) is 71.9 cm³/mol. The van der Waals surface area contributed by atoms with Crippen molar-refractivity contribution >= 4 is 0 Å². The zero-order chi connectivity index (χ0) is 12.2. The van der Waals surface area contributed by atoms with Gasteiger partial charge in [-0.15, -0.1) is 0 Å². The molecule has 0 aromatic rings. The zero-order valence-electron chi connectivity index (χ0n) is 11.8. The van der Waals surface area contributed by atoms with Crippen LogP contribution in [0.3, 0.4) is 0 Å². The van der Waals surface area contributed by atoms with E-state index in [0.29, 0.717) is 11.6 Å². The highest BCUT2D eigenvalue weighted by Gasteiger charge is 2.34. The second-order valence-corrected chi connectivity index (χ2v) is 6.21. The average molecular weight is 226 g/mol. The second-order valence-electron chi connectivity index (χ2n) is 6.21. The molecule has 0 amide bonds. The van der Waals surface area contributed by atoms with E-state index in [0.717, 1.165) is 12.6 Å². The summed E-state index contributed by atoms with van der Waals surface area (Å²) in [5.74, 6) is 0. The molecule has 16 heavy (non-hydrogen) atoms. The third-order valence-electron chi connectivity index (χ3n) is 3.85. The van der Waals surface area contributed by atoms with E-state index in [4.69, 9.17) is 0 Å². The van der Waals surface area contributed by atoms with Gasteiger partial charge in [0.05, 0.1) is 0 Å². The molecule has 0 aromatic heterocycles. The van der Waals surface area contributed by atoms with Crippen molar-refractivity contribution in [2.45, 2.75) is 77.9 Å². The molecule has 0 radical (unpaired) electrons. The van der Waals surface area contributed by atoms with Gasteiger partial charge < -0.3 is 5.32 Å². The normalized spacial score (nSPS) is 22.9. The van der Waals surface area contributed by atoms with Crippen molar-refractivity contribution in [3.05, 3.63) is 0 Å². The molecule has 1 rings (SSSR count). The van der Waals surface area contributed by atoms with Crippen LogP contribution in [0, 0.1) is 0 Å². The van der Waals surface area contributed by atoms with Crippen LogP contribution in [-0.4, -0.2) is 35.6 Å². The molecule has 1 saturated heterocycles. The second kappa shape index (κ2) is 6.02. The van der Waals surface area contributed by atoms with E-state index < -0.39 is 0 Å². The molecular weight excluding hydrogens is 196 g/mol. The fourth-order valence-corrected chi connectivity index (χ4v) is 2.89. The largest absolute Gasteiger partial charge is 0.315 e. The van der Waals surface area contributed by atoms with Crippen LogP contribution in [0.5, 0.6) is 0 Å². The maximum Gasteiger partial charge on any atom is 0.0156 e. The number of hydrogen-bond acceptors (Lipinski definition) is 2. The average Bonchev–Trinajstić information content (AvgIpc) is 2.52. The Morgan fingerprint density at radius 3 is 2.44 bits per heavy atom. The van der Waals surface area contributed by atoms with E-state index in [1.54, 1.807) is 0 Å². The quantitative estimate of drug-likeness (QED) is 0.700. The summed E-state index contributed by atoms with van der Waals surface area (Å²) < 4.78 is 0. The van der Waals surface area contributed by atoms with Crippen LogP contribution in [-0.2, 0) is 0 Å². The van der Waals surface area contributed by atoms with Crippen LogP contribution in [0.1, 0.15) is 60.3 Å². The Labute approximate surface area is 102 Å². The molecule has 1 atom stereocenters. The number of rotatable bonds is 6. The van der Waals surface area contributed by atoms with Crippen LogP contribution in [0.2, 0.25) is 0 Å². The minimum absolute atomic E-state index is 0.435. The van der Waals surface area contributed by atoms with Crippen molar-refractivity contribution in [1.82, 2.24) is 10.2 Å². The van der Waals surface area contributed by atoms with Gasteiger partial charge in [-0.25, -0.2) is 0 Å². The molecule has 0 saturated carbocycles. The molecule has 96 valence electrons. The first-order valence-electron chi connectivity index (χ1n) is 6.93. The van der Waals surface area contributed by atoms with Crippen molar-refractivity contribution in [3.8, 4) is 0 Å². The minimum Gasteiger partial charge on any atom is -0.315 e. The number of nitrogens with one attached hydrogen (secondary N) is 1. The van der Waals surface area contributed by atoms with Crippen molar-refractivity contribution < 1.29 is 0 Å². The first-order chi connectivity index (χ1) is 7.43. The molecule has 0 aliphatic carbocycles. The first kappa shape index (κ1) is 14.0. The summed E-state index contributed by atoms with van der Waals surface area (Å²) in [6.45, 7) is 14.1. The van der Waals surface area contributed by atoms with E-state index in [9.17, 15) is 0 Å². The monoisotopic (exact) mass is 226 g/mol. The Bertz CT molecular complexity index is 199. The van der Waals surface area contributed by atoms with Gasteiger partial charge in [-0.1, -0.05) is 13.8 Å². The molecule has 2 nitrogen and oxygen atoms in total. The van der Waals surface area contributed by atoms with Gasteiger partial charge in [-0.3, -0.25) is 4.90 Å². The smallest absolute Gasteiger partial charge is 0.0156 e. The molecule has 1 unspecified atom stereocenters. The van der Waals surface area contributed by atoms with E-state index in [1.807, 2.05) is 0 Å². The van der Waals surface area contributed by atoms with Gasteiger partial charge in [0.25, 0.3) is 0 Å². The van der Waals surface area contributed by atoms with Crippen molar-refractivity contribution in [2.75, 3.05) is 13.1 Å². The zero-order valence-corrected chi connectivity index (χ0v) is 11.8. The Morgan fingerprint density at radius 1 is 1.25 bits per heavy atom. The lowest BCUT2D eigenvalue weighted by Gasteiger charge is -2.36. The fraction of sp³-hybridized carbons (Fsp3) is 1.00. The maximum absolute atomic E-state index is 3.49. The Morgan fingerprint density at radius 2 is 1.94 bits per heavy atom. The first-order valence-corrected chi connectivity index (χ1v) is 6.93. The number of likely N-dealkylation sites (tertiary alicyclic amines) is 1. The van der Waals surface area contributed by atoms with Gasteiger partial charge in [-0.05, 0) is 59.5 Å². The summed E-state index contributed by atoms with van der Waals surface area (Å²) in [5, 5.41) is 3.49. The Kier molecular flexibility index (Phi) is 5.26. The van der Waals surface area contributed by atoms with E-state index in [-0.39, 0.29) is 0 Å². The van der Waals surface area contributed by atoms with Gasteiger partial charge >= 0.3 is 0 Å². The molecule has 0 aromatic carbocycles. The summed E-state index contributed by atoms with van der Waals surface area (Å²) in [7, 11) is 0.